The van der Waals surface area contributed by atoms with Gasteiger partial charge in [-0.15, -0.1) is 0 Å². The second-order valence-corrected chi connectivity index (χ2v) is 8.76. The Balaban J connectivity index is 1.53. The first-order valence-electron chi connectivity index (χ1n) is 9.79. The molecule has 0 aliphatic carbocycles. The third-order valence-corrected chi connectivity index (χ3v) is 5.36. The summed E-state index contributed by atoms with van der Waals surface area (Å²) in [5.74, 6) is 1.61. The van der Waals surface area contributed by atoms with Gasteiger partial charge in [-0.25, -0.2) is 19.7 Å². The molecule has 4 rings (SSSR count). The van der Waals surface area contributed by atoms with Crippen LogP contribution in [0.5, 0.6) is 0 Å². The van der Waals surface area contributed by atoms with Crippen LogP contribution >= 0.6 is 0 Å². The normalized spacial score (nSPS) is 21.4. The van der Waals surface area contributed by atoms with E-state index in [0.29, 0.717) is 18.9 Å². The van der Waals surface area contributed by atoms with Crippen molar-refractivity contribution in [1.82, 2.24) is 19.9 Å². The van der Waals surface area contributed by atoms with Gasteiger partial charge in [-0.3, -0.25) is 0 Å². The number of hydrogen-bond acceptors (Lipinski definition) is 6. The highest BCUT2D eigenvalue weighted by Gasteiger charge is 2.43. The molecule has 0 aromatic carbocycles. The zero-order valence-electron chi connectivity index (χ0n) is 17.0. The van der Waals surface area contributed by atoms with E-state index in [-0.39, 0.29) is 11.6 Å². The van der Waals surface area contributed by atoms with Crippen molar-refractivity contribution in [3.05, 3.63) is 35.8 Å². The fourth-order valence-electron chi connectivity index (χ4n) is 3.96. The van der Waals surface area contributed by atoms with Crippen LogP contribution in [0.25, 0.3) is 11.4 Å². The second kappa shape index (κ2) is 6.72. The zero-order chi connectivity index (χ0) is 19.9. The Morgan fingerprint density at radius 2 is 2.00 bits per heavy atom. The molecular weight excluding hydrogens is 354 g/mol. The predicted molar refractivity (Wildman–Crippen MR) is 107 cm³/mol. The number of carbonyl (C=O) groups is 1. The Kier molecular flexibility index (Phi) is 4.48. The summed E-state index contributed by atoms with van der Waals surface area (Å²) in [6, 6.07) is 3.96. The Labute approximate surface area is 165 Å². The maximum atomic E-state index is 12.4. The summed E-state index contributed by atoms with van der Waals surface area (Å²) in [7, 11) is 0. The Hall–Kier alpha value is -2.70. The van der Waals surface area contributed by atoms with E-state index >= 15 is 0 Å². The van der Waals surface area contributed by atoms with Crippen molar-refractivity contribution in [1.29, 1.82) is 0 Å². The quantitative estimate of drug-likeness (QED) is 0.813. The van der Waals surface area contributed by atoms with E-state index in [1.54, 1.807) is 12.4 Å². The maximum absolute atomic E-state index is 12.4. The Bertz CT molecular complexity index is 894. The molecule has 0 unspecified atom stereocenters. The van der Waals surface area contributed by atoms with Crippen LogP contribution in [0.4, 0.5) is 10.6 Å². The monoisotopic (exact) mass is 381 g/mol. The number of aryl methyl sites for hydroxylation is 2. The molecule has 1 N–H and O–H groups in total. The number of ether oxygens (including phenoxy) is 1. The standard InChI is InChI=1S/C21H27N5O2/c1-14-16(18-22-9-5-10-23-18)12-15-6-7-21(25-17(15)24-14)8-11-26(13-21)19(27)28-20(2,3)4/h5,9-10,12H,6-8,11,13H2,1-4H3,(H,24,25)/t21-/m0/s1. The van der Waals surface area contributed by atoms with Crippen LogP contribution in [0.15, 0.2) is 24.5 Å². The summed E-state index contributed by atoms with van der Waals surface area (Å²) < 4.78 is 5.54. The number of anilines is 1. The molecule has 1 saturated heterocycles. The van der Waals surface area contributed by atoms with Crippen molar-refractivity contribution in [3.8, 4) is 11.4 Å². The molecule has 2 aromatic heterocycles. The van der Waals surface area contributed by atoms with E-state index in [0.717, 1.165) is 36.3 Å². The minimum absolute atomic E-state index is 0.131. The Morgan fingerprint density at radius 3 is 2.71 bits per heavy atom. The molecule has 7 heteroatoms. The van der Waals surface area contributed by atoms with Crippen molar-refractivity contribution in [2.24, 2.45) is 0 Å². The average molecular weight is 381 g/mol. The molecule has 1 fully saturated rings. The molecule has 2 aromatic rings. The van der Waals surface area contributed by atoms with Gasteiger partial charge in [0, 0.05) is 31.0 Å². The fourth-order valence-corrected chi connectivity index (χ4v) is 3.96. The number of rotatable bonds is 1. The number of fused-ring (bicyclic) bond motifs is 1. The van der Waals surface area contributed by atoms with Crippen LogP contribution in [-0.4, -0.2) is 50.2 Å². The predicted octanol–water partition coefficient (Wildman–Crippen LogP) is 3.58. The van der Waals surface area contributed by atoms with E-state index < -0.39 is 5.60 Å². The van der Waals surface area contributed by atoms with E-state index in [2.05, 4.69) is 21.4 Å². The third-order valence-electron chi connectivity index (χ3n) is 5.36. The summed E-state index contributed by atoms with van der Waals surface area (Å²) >= 11 is 0. The summed E-state index contributed by atoms with van der Waals surface area (Å²) in [5, 5.41) is 3.64. The maximum Gasteiger partial charge on any atom is 0.410 e. The minimum atomic E-state index is -0.478. The van der Waals surface area contributed by atoms with E-state index in [9.17, 15) is 4.79 Å². The van der Waals surface area contributed by atoms with Gasteiger partial charge in [0.05, 0.1) is 11.2 Å². The van der Waals surface area contributed by atoms with Crippen molar-refractivity contribution in [3.63, 3.8) is 0 Å². The molecule has 1 atom stereocenters. The summed E-state index contributed by atoms with van der Waals surface area (Å²) in [6.07, 6.45) is 6.03. The Morgan fingerprint density at radius 1 is 1.25 bits per heavy atom. The largest absolute Gasteiger partial charge is 0.444 e. The summed E-state index contributed by atoms with van der Waals surface area (Å²) in [6.45, 7) is 9.01. The number of amides is 1. The van der Waals surface area contributed by atoms with Crippen LogP contribution in [0, 0.1) is 6.92 Å². The van der Waals surface area contributed by atoms with Crippen molar-refractivity contribution >= 4 is 11.9 Å². The molecule has 0 radical (unpaired) electrons. The van der Waals surface area contributed by atoms with Gasteiger partial charge in [-0.1, -0.05) is 0 Å². The van der Waals surface area contributed by atoms with E-state index in [1.165, 1.54) is 5.56 Å². The lowest BCUT2D eigenvalue weighted by molar-refractivity contribution is 0.0285. The molecule has 0 bridgehead atoms. The lowest BCUT2D eigenvalue weighted by Crippen LogP contribution is -2.46. The van der Waals surface area contributed by atoms with Gasteiger partial charge in [0.2, 0.25) is 0 Å². The van der Waals surface area contributed by atoms with Crippen molar-refractivity contribution in [2.75, 3.05) is 18.4 Å². The molecular formula is C21H27N5O2. The first kappa shape index (κ1) is 18.7. The van der Waals surface area contributed by atoms with Crippen LogP contribution in [0.1, 0.15) is 44.9 Å². The van der Waals surface area contributed by atoms with Crippen molar-refractivity contribution in [2.45, 2.75) is 58.1 Å². The van der Waals surface area contributed by atoms with Crippen molar-refractivity contribution < 1.29 is 9.53 Å². The first-order valence-corrected chi connectivity index (χ1v) is 9.79. The molecule has 28 heavy (non-hydrogen) atoms. The summed E-state index contributed by atoms with van der Waals surface area (Å²) in [4.78, 5) is 27.8. The third kappa shape index (κ3) is 3.66. The lowest BCUT2D eigenvalue weighted by atomic mass is 9.86. The molecule has 148 valence electrons. The average Bonchev–Trinajstić information content (AvgIpc) is 3.04. The highest BCUT2D eigenvalue weighted by atomic mass is 16.6. The second-order valence-electron chi connectivity index (χ2n) is 8.76. The molecule has 2 aliphatic heterocycles. The molecule has 7 nitrogen and oxygen atoms in total. The molecule has 2 aliphatic rings. The van der Waals surface area contributed by atoms with Gasteiger partial charge in [0.25, 0.3) is 0 Å². The highest BCUT2D eigenvalue weighted by molar-refractivity contribution is 5.69. The minimum Gasteiger partial charge on any atom is -0.444 e. The lowest BCUT2D eigenvalue weighted by Gasteiger charge is -2.36. The van der Waals surface area contributed by atoms with Gasteiger partial charge >= 0.3 is 6.09 Å². The smallest absolute Gasteiger partial charge is 0.410 e. The topological polar surface area (TPSA) is 80.2 Å². The number of likely N-dealkylation sites (tertiary alicyclic amines) is 1. The number of aromatic nitrogens is 3. The van der Waals surface area contributed by atoms with Crippen LogP contribution in [-0.2, 0) is 11.2 Å². The van der Waals surface area contributed by atoms with Gasteiger partial charge in [0.15, 0.2) is 5.82 Å². The number of carbonyl (C=O) groups excluding carboxylic acids is 1. The number of pyridine rings is 1. The zero-order valence-corrected chi connectivity index (χ0v) is 17.0. The summed E-state index contributed by atoms with van der Waals surface area (Å²) in [5.41, 5.74) is 2.44. The molecule has 1 amide bonds. The van der Waals surface area contributed by atoms with Gasteiger partial charge < -0.3 is 15.0 Å². The van der Waals surface area contributed by atoms with E-state index in [4.69, 9.17) is 9.72 Å². The van der Waals surface area contributed by atoms with Crippen LogP contribution in [0.3, 0.4) is 0 Å². The number of nitrogens with zero attached hydrogens (tertiary/aromatic N) is 4. The SMILES string of the molecule is Cc1nc2c(cc1-c1ncccn1)CC[C@@]1(CCN(C(=O)OC(C)(C)C)C1)N2. The molecule has 4 heterocycles. The van der Waals surface area contributed by atoms with Crippen LogP contribution in [0.2, 0.25) is 0 Å². The first-order chi connectivity index (χ1) is 13.2. The highest BCUT2D eigenvalue weighted by Crippen LogP contribution is 2.38. The van der Waals surface area contributed by atoms with Gasteiger partial charge in [0.1, 0.15) is 11.4 Å². The molecule has 1 spiro atoms. The van der Waals surface area contributed by atoms with E-state index in [1.807, 2.05) is 38.7 Å². The molecule has 0 saturated carbocycles. The van der Waals surface area contributed by atoms with Gasteiger partial charge in [-0.2, -0.15) is 0 Å². The van der Waals surface area contributed by atoms with Gasteiger partial charge in [-0.05, 0) is 64.7 Å². The number of hydrogen-bond donors (Lipinski definition) is 1. The van der Waals surface area contributed by atoms with Crippen LogP contribution < -0.4 is 5.32 Å². The fraction of sp³-hybridized carbons (Fsp3) is 0.524. The number of nitrogens with one attached hydrogen (secondary N) is 1.